The third kappa shape index (κ3) is 4.00. The monoisotopic (exact) mass is 302 g/mol. The summed E-state index contributed by atoms with van der Waals surface area (Å²) in [6.45, 7) is 6.51. The first-order chi connectivity index (χ1) is 10.5. The van der Waals surface area contributed by atoms with Gasteiger partial charge in [-0.3, -0.25) is 9.48 Å². The van der Waals surface area contributed by atoms with Crippen molar-refractivity contribution in [3.63, 3.8) is 0 Å². The molecule has 2 aromatic heterocycles. The molecule has 22 heavy (non-hydrogen) atoms. The van der Waals surface area contributed by atoms with Gasteiger partial charge in [0.05, 0.1) is 6.20 Å². The number of aromatic nitrogens is 3. The van der Waals surface area contributed by atoms with Crippen molar-refractivity contribution in [2.75, 3.05) is 0 Å². The maximum absolute atomic E-state index is 12.5. The highest BCUT2D eigenvalue weighted by atomic mass is 16.1. The Morgan fingerprint density at radius 2 is 1.91 bits per heavy atom. The molecular weight excluding hydrogens is 276 g/mol. The van der Waals surface area contributed by atoms with E-state index in [4.69, 9.17) is 0 Å². The highest BCUT2D eigenvalue weighted by Gasteiger charge is 2.18. The van der Waals surface area contributed by atoms with E-state index in [1.54, 1.807) is 10.9 Å². The van der Waals surface area contributed by atoms with E-state index in [0.717, 1.165) is 18.7 Å². The van der Waals surface area contributed by atoms with Gasteiger partial charge in [0.2, 0.25) is 0 Å². The second-order valence-electron chi connectivity index (χ2n) is 6.30. The predicted octanol–water partition coefficient (Wildman–Crippen LogP) is 3.16. The predicted molar refractivity (Wildman–Crippen MR) is 88.2 cm³/mol. The van der Waals surface area contributed by atoms with Gasteiger partial charge in [0, 0.05) is 25.5 Å². The van der Waals surface area contributed by atoms with Gasteiger partial charge in [-0.2, -0.15) is 5.10 Å². The summed E-state index contributed by atoms with van der Waals surface area (Å²) < 4.78 is 3.63. The largest absolute Gasteiger partial charge is 0.349 e. The van der Waals surface area contributed by atoms with E-state index in [0.29, 0.717) is 11.5 Å². The van der Waals surface area contributed by atoms with E-state index < -0.39 is 0 Å². The molecule has 0 aliphatic heterocycles. The van der Waals surface area contributed by atoms with Gasteiger partial charge in [0.15, 0.2) is 0 Å². The van der Waals surface area contributed by atoms with E-state index >= 15 is 0 Å². The van der Waals surface area contributed by atoms with Crippen molar-refractivity contribution in [2.45, 2.75) is 46.1 Å². The summed E-state index contributed by atoms with van der Waals surface area (Å²) in [5, 5.41) is 7.30. The first-order valence-corrected chi connectivity index (χ1v) is 7.95. The van der Waals surface area contributed by atoms with Crippen molar-refractivity contribution < 1.29 is 4.79 Å². The second kappa shape index (κ2) is 7.29. The molecule has 0 spiro atoms. The molecule has 2 aromatic rings. The minimum absolute atomic E-state index is 0.0613. The highest BCUT2D eigenvalue weighted by molar-refractivity contribution is 5.97. The number of rotatable bonds is 7. The molecule has 0 aromatic carbocycles. The van der Waals surface area contributed by atoms with Crippen LogP contribution in [0.2, 0.25) is 0 Å². The van der Waals surface area contributed by atoms with E-state index in [9.17, 15) is 4.79 Å². The molecule has 1 amide bonds. The summed E-state index contributed by atoms with van der Waals surface area (Å²) in [5.41, 5.74) is 0.606. The molecule has 0 radical (unpaired) electrons. The van der Waals surface area contributed by atoms with Crippen LogP contribution in [0.15, 0.2) is 30.7 Å². The Hall–Kier alpha value is -2.04. The molecule has 2 rings (SSSR count). The van der Waals surface area contributed by atoms with Crippen LogP contribution in [0.4, 0.5) is 0 Å². The van der Waals surface area contributed by atoms with Crippen LogP contribution in [0.1, 0.15) is 50.4 Å². The smallest absolute Gasteiger partial charge is 0.256 e. The Balaban J connectivity index is 2.02. The molecular formula is C17H26N4O. The van der Waals surface area contributed by atoms with Crippen molar-refractivity contribution in [3.05, 3.63) is 36.3 Å². The van der Waals surface area contributed by atoms with Crippen LogP contribution in [-0.2, 0) is 7.05 Å². The molecule has 0 aliphatic carbocycles. The summed E-state index contributed by atoms with van der Waals surface area (Å²) in [6, 6.07) is 4.04. The zero-order chi connectivity index (χ0) is 16.1. The van der Waals surface area contributed by atoms with Gasteiger partial charge in [0.25, 0.3) is 5.91 Å². The van der Waals surface area contributed by atoms with E-state index in [1.807, 2.05) is 36.1 Å². The molecule has 0 aliphatic rings. The fraction of sp³-hybridized carbons (Fsp3) is 0.529. The zero-order valence-electron chi connectivity index (χ0n) is 13.9. The van der Waals surface area contributed by atoms with Crippen LogP contribution >= 0.6 is 0 Å². The molecule has 0 fully saturated rings. The molecule has 120 valence electrons. The standard InChI is InChI=1S/C17H26N4O/c1-13(2)8-7-9-14(3)19-16(22)15-12-18-20(4)17(15)21-10-5-6-11-21/h5-6,10-14H,7-9H2,1-4H3,(H,19,22). The molecule has 0 bridgehead atoms. The van der Waals surface area contributed by atoms with Crippen LogP contribution in [0.3, 0.4) is 0 Å². The van der Waals surface area contributed by atoms with E-state index in [2.05, 4.69) is 31.2 Å². The lowest BCUT2D eigenvalue weighted by Gasteiger charge is -2.15. The van der Waals surface area contributed by atoms with Crippen molar-refractivity contribution in [1.29, 1.82) is 0 Å². The summed E-state index contributed by atoms with van der Waals surface area (Å²) in [7, 11) is 1.85. The molecule has 0 saturated heterocycles. The average molecular weight is 302 g/mol. The topological polar surface area (TPSA) is 51.9 Å². The molecule has 1 unspecified atom stereocenters. The molecule has 5 nitrogen and oxygen atoms in total. The Bertz CT molecular complexity index is 598. The number of hydrogen-bond donors (Lipinski definition) is 1. The lowest BCUT2D eigenvalue weighted by Crippen LogP contribution is -2.33. The maximum atomic E-state index is 12.5. The van der Waals surface area contributed by atoms with Crippen LogP contribution in [0.5, 0.6) is 0 Å². The SMILES string of the molecule is CC(C)CCCC(C)NC(=O)c1cnn(C)c1-n1cccc1. The van der Waals surface area contributed by atoms with Gasteiger partial charge in [-0.05, 0) is 31.4 Å². The lowest BCUT2D eigenvalue weighted by atomic mass is 10.0. The third-order valence-electron chi connectivity index (χ3n) is 3.80. The fourth-order valence-electron chi connectivity index (χ4n) is 2.58. The molecule has 1 atom stereocenters. The fourth-order valence-corrected chi connectivity index (χ4v) is 2.58. The summed E-state index contributed by atoms with van der Waals surface area (Å²) in [6.07, 6.45) is 8.80. The summed E-state index contributed by atoms with van der Waals surface area (Å²) in [4.78, 5) is 12.5. The minimum atomic E-state index is -0.0613. The van der Waals surface area contributed by atoms with Crippen molar-refractivity contribution >= 4 is 5.91 Å². The number of nitrogens with zero attached hydrogens (tertiary/aromatic N) is 3. The third-order valence-corrected chi connectivity index (χ3v) is 3.80. The number of nitrogens with one attached hydrogen (secondary N) is 1. The Morgan fingerprint density at radius 1 is 1.23 bits per heavy atom. The summed E-state index contributed by atoms with van der Waals surface area (Å²) >= 11 is 0. The van der Waals surface area contributed by atoms with Gasteiger partial charge in [0.1, 0.15) is 11.4 Å². The number of hydrogen-bond acceptors (Lipinski definition) is 2. The minimum Gasteiger partial charge on any atom is -0.349 e. The van der Waals surface area contributed by atoms with Gasteiger partial charge in [-0.25, -0.2) is 0 Å². The Kier molecular flexibility index (Phi) is 5.41. The van der Waals surface area contributed by atoms with Gasteiger partial charge < -0.3 is 9.88 Å². The quantitative estimate of drug-likeness (QED) is 0.854. The molecule has 2 heterocycles. The Morgan fingerprint density at radius 3 is 2.55 bits per heavy atom. The van der Waals surface area contributed by atoms with Crippen LogP contribution < -0.4 is 5.32 Å². The van der Waals surface area contributed by atoms with E-state index in [1.165, 1.54) is 6.42 Å². The van der Waals surface area contributed by atoms with Crippen LogP contribution in [0.25, 0.3) is 5.82 Å². The van der Waals surface area contributed by atoms with Crippen LogP contribution in [-0.4, -0.2) is 26.3 Å². The second-order valence-corrected chi connectivity index (χ2v) is 6.30. The van der Waals surface area contributed by atoms with Gasteiger partial charge in [-0.15, -0.1) is 0 Å². The van der Waals surface area contributed by atoms with Crippen molar-refractivity contribution in [1.82, 2.24) is 19.7 Å². The number of amides is 1. The number of aryl methyl sites for hydroxylation is 1. The number of carbonyl (C=O) groups excluding carboxylic acids is 1. The van der Waals surface area contributed by atoms with Gasteiger partial charge in [-0.1, -0.05) is 26.7 Å². The normalized spacial score (nSPS) is 12.6. The maximum Gasteiger partial charge on any atom is 0.256 e. The lowest BCUT2D eigenvalue weighted by molar-refractivity contribution is 0.0937. The first-order valence-electron chi connectivity index (χ1n) is 7.95. The van der Waals surface area contributed by atoms with Crippen molar-refractivity contribution in [2.24, 2.45) is 13.0 Å². The zero-order valence-corrected chi connectivity index (χ0v) is 13.9. The molecule has 0 saturated carbocycles. The Labute approximate surface area is 132 Å². The van der Waals surface area contributed by atoms with Crippen molar-refractivity contribution in [3.8, 4) is 5.82 Å². The van der Waals surface area contributed by atoms with Gasteiger partial charge >= 0.3 is 0 Å². The van der Waals surface area contributed by atoms with Crippen LogP contribution in [0, 0.1) is 5.92 Å². The number of carbonyl (C=O) groups is 1. The molecule has 1 N–H and O–H groups in total. The first kappa shape index (κ1) is 16.3. The molecule has 5 heteroatoms. The summed E-state index contributed by atoms with van der Waals surface area (Å²) in [5.74, 6) is 1.44. The highest BCUT2D eigenvalue weighted by Crippen LogP contribution is 2.15. The van der Waals surface area contributed by atoms with E-state index in [-0.39, 0.29) is 11.9 Å². The average Bonchev–Trinajstić information content (AvgIpc) is 3.06.